The molecule has 1 N–H and O–H groups in total. The Labute approximate surface area is 95.0 Å². The van der Waals surface area contributed by atoms with Crippen LogP contribution in [0.1, 0.15) is 31.4 Å². The molecule has 0 spiro atoms. The summed E-state index contributed by atoms with van der Waals surface area (Å²) in [6.07, 6.45) is 5.59. The lowest BCUT2D eigenvalue weighted by Gasteiger charge is -2.22. The molecule has 0 unspecified atom stereocenters. The molecule has 0 amide bonds. The number of nitrogens with zero attached hydrogens (tertiary/aromatic N) is 2. The molecule has 0 saturated heterocycles. The van der Waals surface area contributed by atoms with E-state index in [1.165, 1.54) is 0 Å². The van der Waals surface area contributed by atoms with Gasteiger partial charge in [0.15, 0.2) is 0 Å². The van der Waals surface area contributed by atoms with Gasteiger partial charge in [-0.3, -0.25) is 4.98 Å². The highest BCUT2D eigenvalue weighted by atomic mass is 16.5. The number of pyridine rings is 1. The minimum Gasteiger partial charge on any atom is -0.411 e. The Morgan fingerprint density at radius 1 is 1.38 bits per heavy atom. The van der Waals surface area contributed by atoms with Crippen molar-refractivity contribution in [1.82, 2.24) is 4.98 Å². The van der Waals surface area contributed by atoms with E-state index in [2.05, 4.69) is 10.1 Å². The summed E-state index contributed by atoms with van der Waals surface area (Å²) in [5.74, 6) is 0. The highest BCUT2D eigenvalue weighted by Crippen LogP contribution is 2.19. The minimum atomic E-state index is 0.271. The Morgan fingerprint density at radius 2 is 2.19 bits per heavy atom. The molecule has 1 heterocycles. The van der Waals surface area contributed by atoms with Crippen LogP contribution in [0.4, 0.5) is 0 Å². The van der Waals surface area contributed by atoms with E-state index in [1.807, 2.05) is 18.2 Å². The normalized spacial score (nSPS) is 20.8. The van der Waals surface area contributed by atoms with Crippen LogP contribution in [-0.4, -0.2) is 22.0 Å². The number of oxime groups is 1. The molecule has 0 aromatic carbocycles. The van der Waals surface area contributed by atoms with Crippen LogP contribution < -0.4 is 0 Å². The molecule has 86 valence electrons. The Morgan fingerprint density at radius 3 is 2.81 bits per heavy atom. The first-order chi connectivity index (χ1) is 7.88. The summed E-state index contributed by atoms with van der Waals surface area (Å²) in [6.45, 7) is 0.567. The van der Waals surface area contributed by atoms with Crippen LogP contribution in [0.15, 0.2) is 29.6 Å². The first-order valence-corrected chi connectivity index (χ1v) is 5.60. The molecule has 1 saturated carbocycles. The predicted molar refractivity (Wildman–Crippen MR) is 60.5 cm³/mol. The van der Waals surface area contributed by atoms with Crippen LogP contribution in [-0.2, 0) is 11.3 Å². The summed E-state index contributed by atoms with van der Waals surface area (Å²) in [7, 11) is 0. The van der Waals surface area contributed by atoms with E-state index >= 15 is 0 Å². The van der Waals surface area contributed by atoms with E-state index in [0.717, 1.165) is 37.1 Å². The Balaban J connectivity index is 1.76. The largest absolute Gasteiger partial charge is 0.411 e. The van der Waals surface area contributed by atoms with Crippen LogP contribution >= 0.6 is 0 Å². The first-order valence-electron chi connectivity index (χ1n) is 5.60. The lowest BCUT2D eigenvalue weighted by molar-refractivity contribution is 0.0260. The van der Waals surface area contributed by atoms with Crippen molar-refractivity contribution >= 4 is 5.71 Å². The van der Waals surface area contributed by atoms with Crippen molar-refractivity contribution in [3.8, 4) is 0 Å². The van der Waals surface area contributed by atoms with Crippen LogP contribution in [0.2, 0.25) is 0 Å². The second-order valence-corrected chi connectivity index (χ2v) is 4.00. The van der Waals surface area contributed by atoms with Gasteiger partial charge in [-0.1, -0.05) is 11.2 Å². The standard InChI is InChI=1S/C12H16N2O2/c15-14-10-4-6-12(7-5-10)16-9-11-3-1-2-8-13-11/h1-3,8,12,15H,4-7,9H2. The molecule has 16 heavy (non-hydrogen) atoms. The molecule has 0 atom stereocenters. The summed E-state index contributed by atoms with van der Waals surface area (Å²) in [6, 6.07) is 5.82. The molecule has 1 aliphatic carbocycles. The van der Waals surface area contributed by atoms with E-state index < -0.39 is 0 Å². The highest BCUT2D eigenvalue weighted by molar-refractivity contribution is 5.84. The first kappa shape index (κ1) is 11.1. The number of hydrogen-bond acceptors (Lipinski definition) is 4. The van der Waals surface area contributed by atoms with Gasteiger partial charge in [0.2, 0.25) is 0 Å². The second kappa shape index (κ2) is 5.61. The fourth-order valence-corrected chi connectivity index (χ4v) is 1.88. The van der Waals surface area contributed by atoms with Gasteiger partial charge in [-0.05, 0) is 37.8 Å². The third-order valence-electron chi connectivity index (χ3n) is 2.84. The highest BCUT2D eigenvalue weighted by Gasteiger charge is 2.18. The minimum absolute atomic E-state index is 0.271. The summed E-state index contributed by atoms with van der Waals surface area (Å²) in [5.41, 5.74) is 1.85. The number of rotatable bonds is 3. The molecule has 4 heteroatoms. The maximum atomic E-state index is 8.62. The lowest BCUT2D eigenvalue weighted by Crippen LogP contribution is -2.21. The second-order valence-electron chi connectivity index (χ2n) is 4.00. The molecule has 2 rings (SSSR count). The quantitative estimate of drug-likeness (QED) is 0.628. The summed E-state index contributed by atoms with van der Waals surface area (Å²) in [5, 5.41) is 11.9. The Bertz CT molecular complexity index is 341. The smallest absolute Gasteiger partial charge is 0.0891 e. The number of aromatic nitrogens is 1. The van der Waals surface area contributed by atoms with Crippen molar-refractivity contribution in [2.24, 2.45) is 5.16 Å². The van der Waals surface area contributed by atoms with Crippen molar-refractivity contribution in [2.75, 3.05) is 0 Å². The van der Waals surface area contributed by atoms with Crippen molar-refractivity contribution in [1.29, 1.82) is 0 Å². The SMILES string of the molecule is ON=C1CCC(OCc2ccccn2)CC1. The van der Waals surface area contributed by atoms with Gasteiger partial charge in [-0.15, -0.1) is 0 Å². The zero-order valence-electron chi connectivity index (χ0n) is 9.17. The van der Waals surface area contributed by atoms with E-state index in [1.54, 1.807) is 6.20 Å². The predicted octanol–water partition coefficient (Wildman–Crippen LogP) is 2.37. The van der Waals surface area contributed by atoms with Crippen LogP contribution in [0.5, 0.6) is 0 Å². The topological polar surface area (TPSA) is 54.7 Å². The molecule has 0 bridgehead atoms. The van der Waals surface area contributed by atoms with Crippen LogP contribution in [0, 0.1) is 0 Å². The lowest BCUT2D eigenvalue weighted by atomic mass is 9.96. The molecule has 1 fully saturated rings. The van der Waals surface area contributed by atoms with Gasteiger partial charge in [0.25, 0.3) is 0 Å². The van der Waals surface area contributed by atoms with Crippen molar-refractivity contribution in [2.45, 2.75) is 38.4 Å². The summed E-state index contributed by atoms with van der Waals surface area (Å²) >= 11 is 0. The van der Waals surface area contributed by atoms with E-state index in [-0.39, 0.29) is 6.10 Å². The van der Waals surface area contributed by atoms with Gasteiger partial charge in [0.05, 0.1) is 24.1 Å². The zero-order chi connectivity index (χ0) is 11.2. The van der Waals surface area contributed by atoms with Crippen LogP contribution in [0.25, 0.3) is 0 Å². The van der Waals surface area contributed by atoms with Gasteiger partial charge in [0, 0.05) is 6.20 Å². The molecule has 0 aliphatic heterocycles. The van der Waals surface area contributed by atoms with E-state index in [0.29, 0.717) is 6.61 Å². The average molecular weight is 220 g/mol. The average Bonchev–Trinajstić information content (AvgIpc) is 2.38. The summed E-state index contributed by atoms with van der Waals surface area (Å²) in [4.78, 5) is 4.21. The summed E-state index contributed by atoms with van der Waals surface area (Å²) < 4.78 is 5.76. The fraction of sp³-hybridized carbons (Fsp3) is 0.500. The van der Waals surface area contributed by atoms with Gasteiger partial charge in [0.1, 0.15) is 0 Å². The van der Waals surface area contributed by atoms with Gasteiger partial charge >= 0.3 is 0 Å². The molecule has 4 nitrogen and oxygen atoms in total. The number of hydrogen-bond donors (Lipinski definition) is 1. The molecule has 1 aromatic heterocycles. The zero-order valence-corrected chi connectivity index (χ0v) is 9.17. The fourth-order valence-electron chi connectivity index (χ4n) is 1.88. The van der Waals surface area contributed by atoms with Crippen molar-refractivity contribution < 1.29 is 9.94 Å². The molecule has 1 aliphatic rings. The maximum Gasteiger partial charge on any atom is 0.0891 e. The van der Waals surface area contributed by atoms with E-state index in [4.69, 9.17) is 9.94 Å². The van der Waals surface area contributed by atoms with Gasteiger partial charge < -0.3 is 9.94 Å². The Hall–Kier alpha value is -1.42. The van der Waals surface area contributed by atoms with Gasteiger partial charge in [-0.25, -0.2) is 0 Å². The molecular formula is C12H16N2O2. The van der Waals surface area contributed by atoms with Crippen molar-refractivity contribution in [3.63, 3.8) is 0 Å². The van der Waals surface area contributed by atoms with Gasteiger partial charge in [-0.2, -0.15) is 0 Å². The third-order valence-corrected chi connectivity index (χ3v) is 2.84. The molecular weight excluding hydrogens is 204 g/mol. The number of ether oxygens (including phenoxy) is 1. The molecule has 0 radical (unpaired) electrons. The maximum absolute atomic E-state index is 8.62. The third kappa shape index (κ3) is 3.03. The molecule has 1 aromatic rings. The van der Waals surface area contributed by atoms with E-state index in [9.17, 15) is 0 Å². The Kier molecular flexibility index (Phi) is 3.88. The van der Waals surface area contributed by atoms with Crippen LogP contribution in [0.3, 0.4) is 0 Å². The monoisotopic (exact) mass is 220 g/mol. The van der Waals surface area contributed by atoms with Crippen molar-refractivity contribution in [3.05, 3.63) is 30.1 Å².